The molecule has 0 aromatic rings. The monoisotopic (exact) mass is 1270 g/mol. The van der Waals surface area contributed by atoms with Crippen molar-refractivity contribution in [2.45, 2.75) is 355 Å². The van der Waals surface area contributed by atoms with E-state index >= 15 is 0 Å². The molecule has 510 valence electrons. The van der Waals surface area contributed by atoms with E-state index in [4.69, 9.17) is 37.0 Å². The van der Waals surface area contributed by atoms with Crippen molar-refractivity contribution < 1.29 is 80.2 Å². The number of unbranched alkanes of at least 4 members (excludes halogenated alkanes) is 36. The van der Waals surface area contributed by atoms with Crippen molar-refractivity contribution in [1.29, 1.82) is 0 Å². The fraction of sp³-hybridized carbons (Fsp3) is 0.940. The van der Waals surface area contributed by atoms with Crippen LogP contribution < -0.4 is 0 Å². The summed E-state index contributed by atoms with van der Waals surface area (Å²) < 4.78 is 67.9. The van der Waals surface area contributed by atoms with Gasteiger partial charge in [0.05, 0.1) is 26.4 Å². The first kappa shape index (κ1) is 84.1. The molecular weight excluding hydrogens is 1140 g/mol. The molecule has 0 fully saturated rings. The van der Waals surface area contributed by atoms with Gasteiger partial charge < -0.3 is 33.8 Å². The number of aliphatic hydroxyl groups is 1. The molecule has 0 amide bonds. The Morgan fingerprint density at radius 3 is 0.791 bits per heavy atom. The van der Waals surface area contributed by atoms with Crippen LogP contribution in [0.4, 0.5) is 0 Å². The maximum Gasteiger partial charge on any atom is 0.472 e. The molecule has 0 aliphatic heterocycles. The lowest BCUT2D eigenvalue weighted by Gasteiger charge is -2.21. The van der Waals surface area contributed by atoms with Crippen LogP contribution in [-0.2, 0) is 65.4 Å². The van der Waals surface area contributed by atoms with Gasteiger partial charge in [0.1, 0.15) is 19.3 Å². The molecule has 0 saturated carbocycles. The van der Waals surface area contributed by atoms with Crippen molar-refractivity contribution in [3.8, 4) is 0 Å². The topological polar surface area (TPSA) is 237 Å². The maximum atomic E-state index is 13.0. The molecule has 0 rings (SSSR count). The summed E-state index contributed by atoms with van der Waals surface area (Å²) in [4.78, 5) is 72.1. The number of hydrogen-bond donors (Lipinski definition) is 3. The third-order valence-corrected chi connectivity index (χ3v) is 17.4. The zero-order valence-corrected chi connectivity index (χ0v) is 57.4. The minimum absolute atomic E-state index is 0.103. The van der Waals surface area contributed by atoms with Crippen LogP contribution in [0.25, 0.3) is 0 Å². The summed E-state index contributed by atoms with van der Waals surface area (Å²) >= 11 is 0. The van der Waals surface area contributed by atoms with Crippen molar-refractivity contribution in [2.24, 2.45) is 11.8 Å². The highest BCUT2D eigenvalue weighted by molar-refractivity contribution is 7.47. The highest BCUT2D eigenvalue weighted by Crippen LogP contribution is 2.45. The van der Waals surface area contributed by atoms with Crippen LogP contribution in [0.3, 0.4) is 0 Å². The Hall–Kier alpha value is -1.94. The summed E-state index contributed by atoms with van der Waals surface area (Å²) in [6, 6.07) is 0. The van der Waals surface area contributed by atoms with Crippen LogP contribution in [0.1, 0.15) is 337 Å². The lowest BCUT2D eigenvalue weighted by Crippen LogP contribution is -2.30. The summed E-state index contributed by atoms with van der Waals surface area (Å²) in [5.74, 6) is -0.642. The Kier molecular flexibility index (Phi) is 58.0. The molecule has 0 radical (unpaired) electrons. The van der Waals surface area contributed by atoms with Gasteiger partial charge in [0.2, 0.25) is 0 Å². The number of hydrogen-bond acceptors (Lipinski definition) is 15. The number of carbonyl (C=O) groups is 4. The second kappa shape index (κ2) is 59.4. The summed E-state index contributed by atoms with van der Waals surface area (Å²) in [6.07, 6.45) is 43.5. The minimum atomic E-state index is -4.95. The molecule has 3 N–H and O–H groups in total. The fourth-order valence-electron chi connectivity index (χ4n) is 10.1. The average Bonchev–Trinajstić information content (AvgIpc) is 3.56. The van der Waals surface area contributed by atoms with Crippen LogP contribution in [-0.4, -0.2) is 96.7 Å². The second-order valence-electron chi connectivity index (χ2n) is 25.2. The van der Waals surface area contributed by atoms with Gasteiger partial charge in [-0.1, -0.05) is 286 Å². The van der Waals surface area contributed by atoms with Crippen molar-refractivity contribution in [3.63, 3.8) is 0 Å². The Bertz CT molecular complexity index is 1680. The largest absolute Gasteiger partial charge is 0.472 e. The molecule has 0 heterocycles. The van der Waals surface area contributed by atoms with E-state index in [-0.39, 0.29) is 25.7 Å². The third kappa shape index (κ3) is 60.9. The second-order valence-corrected chi connectivity index (χ2v) is 28.1. The van der Waals surface area contributed by atoms with Crippen LogP contribution in [0, 0.1) is 11.8 Å². The van der Waals surface area contributed by atoms with Gasteiger partial charge in [-0.2, -0.15) is 0 Å². The van der Waals surface area contributed by atoms with E-state index in [1.807, 2.05) is 0 Å². The number of carbonyl (C=O) groups excluding carboxylic acids is 4. The summed E-state index contributed by atoms with van der Waals surface area (Å²) in [5, 5.41) is 10.5. The first-order valence-corrected chi connectivity index (χ1v) is 38.0. The van der Waals surface area contributed by atoms with E-state index in [1.165, 1.54) is 148 Å². The van der Waals surface area contributed by atoms with Crippen LogP contribution in [0.5, 0.6) is 0 Å². The van der Waals surface area contributed by atoms with Crippen molar-refractivity contribution in [1.82, 2.24) is 0 Å². The first-order valence-electron chi connectivity index (χ1n) is 35.0. The van der Waals surface area contributed by atoms with Gasteiger partial charge in [0, 0.05) is 25.7 Å². The molecule has 17 nitrogen and oxygen atoms in total. The van der Waals surface area contributed by atoms with E-state index in [1.54, 1.807) is 0 Å². The highest BCUT2D eigenvalue weighted by atomic mass is 31.2. The van der Waals surface area contributed by atoms with Crippen molar-refractivity contribution in [2.75, 3.05) is 39.6 Å². The quantitative estimate of drug-likeness (QED) is 0.0222. The van der Waals surface area contributed by atoms with Gasteiger partial charge in [-0.3, -0.25) is 37.3 Å². The number of rotatable bonds is 66. The predicted octanol–water partition coefficient (Wildman–Crippen LogP) is 18.8. The lowest BCUT2D eigenvalue weighted by atomic mass is 10.0. The maximum absolute atomic E-state index is 13.0. The SMILES string of the molecule is CCCCCCCCCCCCCCCC(=O)OC[C@H](COP(=O)(O)OC[C@@H](O)COP(=O)(O)OC[C@@H](COC(=O)CCCCCCC)OC(=O)CCCCCCCCCC(C)C)OC(=O)CCCCCCCCCCCCCCCCCC(C)C. The molecule has 2 unspecified atom stereocenters. The summed E-state index contributed by atoms with van der Waals surface area (Å²) in [7, 11) is -9.88. The van der Waals surface area contributed by atoms with E-state index in [9.17, 15) is 43.2 Å². The minimum Gasteiger partial charge on any atom is -0.462 e. The normalized spacial score (nSPS) is 14.2. The Morgan fingerprint density at radius 2 is 0.535 bits per heavy atom. The zero-order valence-electron chi connectivity index (χ0n) is 55.6. The van der Waals surface area contributed by atoms with Gasteiger partial charge in [-0.25, -0.2) is 9.13 Å². The van der Waals surface area contributed by atoms with Crippen molar-refractivity contribution >= 4 is 39.5 Å². The molecule has 0 saturated heterocycles. The van der Waals surface area contributed by atoms with Gasteiger partial charge in [0.15, 0.2) is 12.2 Å². The molecule has 86 heavy (non-hydrogen) atoms. The van der Waals surface area contributed by atoms with Gasteiger partial charge in [-0.05, 0) is 37.5 Å². The fourth-order valence-corrected chi connectivity index (χ4v) is 11.6. The number of aliphatic hydroxyl groups excluding tert-OH is 1. The predicted molar refractivity (Wildman–Crippen MR) is 345 cm³/mol. The lowest BCUT2D eigenvalue weighted by molar-refractivity contribution is -0.161. The summed E-state index contributed by atoms with van der Waals surface area (Å²) in [5.41, 5.74) is 0. The Morgan fingerprint density at radius 1 is 0.314 bits per heavy atom. The number of phosphoric acid groups is 2. The van der Waals surface area contributed by atoms with E-state index in [2.05, 4.69) is 41.5 Å². The van der Waals surface area contributed by atoms with Crippen LogP contribution in [0.2, 0.25) is 0 Å². The van der Waals surface area contributed by atoms with E-state index in [0.29, 0.717) is 31.6 Å². The molecule has 0 spiro atoms. The van der Waals surface area contributed by atoms with Gasteiger partial charge in [-0.15, -0.1) is 0 Å². The molecule has 0 aliphatic carbocycles. The van der Waals surface area contributed by atoms with E-state index < -0.39 is 97.5 Å². The molecule has 0 bridgehead atoms. The molecule has 5 atom stereocenters. The molecule has 19 heteroatoms. The molecule has 0 aromatic carbocycles. The van der Waals surface area contributed by atoms with Crippen LogP contribution in [0.15, 0.2) is 0 Å². The number of ether oxygens (including phenoxy) is 4. The smallest absolute Gasteiger partial charge is 0.462 e. The van der Waals surface area contributed by atoms with E-state index in [0.717, 1.165) is 102 Å². The molecule has 0 aromatic heterocycles. The highest BCUT2D eigenvalue weighted by Gasteiger charge is 2.30. The molecular formula is C67H130O17P2. The third-order valence-electron chi connectivity index (χ3n) is 15.5. The van der Waals surface area contributed by atoms with Gasteiger partial charge >= 0.3 is 39.5 Å². The zero-order chi connectivity index (χ0) is 63.6. The number of esters is 4. The van der Waals surface area contributed by atoms with Crippen molar-refractivity contribution in [3.05, 3.63) is 0 Å². The standard InChI is InChI=1S/C67H130O17P2/c1-7-9-11-13-14-15-16-20-24-27-32-38-44-50-65(70)78-56-63(84-66(71)51-45-39-33-28-25-22-19-17-18-21-23-26-30-36-41-47-59(3)4)58-82-86(75,76)80-54-61(68)53-79-85(73,74)81-57-62(55-77-64(69)49-43-35-12-10-8-2)83-67(72)52-46-40-34-29-31-37-42-48-60(5)6/h59-63,68H,7-58H2,1-6H3,(H,73,74)(H,75,76)/t61-,62+,63+/m0/s1. The Labute approximate surface area is 524 Å². The van der Waals surface area contributed by atoms with Crippen LogP contribution >= 0.6 is 15.6 Å². The summed E-state index contributed by atoms with van der Waals surface area (Å²) in [6.45, 7) is 9.40. The first-order chi connectivity index (χ1) is 41.4. The molecule has 0 aliphatic rings. The number of phosphoric ester groups is 2. The van der Waals surface area contributed by atoms with Gasteiger partial charge in [0.25, 0.3) is 0 Å². The average molecular weight is 1270 g/mol. The Balaban J connectivity index is 5.15.